The number of allylic oxidation sites excluding steroid dienone is 2. The summed E-state index contributed by atoms with van der Waals surface area (Å²) in [5.41, 5.74) is 2.41. The maximum atomic E-state index is 10.3. The number of rotatable bonds is 4. The van der Waals surface area contributed by atoms with Crippen LogP contribution in [-0.2, 0) is 15.5 Å². The van der Waals surface area contributed by atoms with Crippen LogP contribution < -0.4 is 5.48 Å². The second-order valence-corrected chi connectivity index (χ2v) is 5.41. The first-order valence-electron chi connectivity index (χ1n) is 7.92. The Kier molecular flexibility index (Phi) is 23.0. The van der Waals surface area contributed by atoms with Crippen LogP contribution in [0.25, 0.3) is 0 Å². The molecule has 28 heavy (non-hydrogen) atoms. The number of aliphatic hydroxyl groups is 1. The summed E-state index contributed by atoms with van der Waals surface area (Å²) in [5, 5.41) is 52.6. The van der Waals surface area contributed by atoms with Crippen molar-refractivity contribution in [2.75, 3.05) is 0 Å². The molecular weight excluding hydrogens is 413 g/mol. The molecule has 0 spiro atoms. The Morgan fingerprint density at radius 1 is 1.11 bits per heavy atom. The Balaban J connectivity index is -0.000000304. The molecule has 0 amide bonds. The molecule has 2 N–H and O–H groups in total. The largest absolute Gasteiger partial charge is 0.425 e. The summed E-state index contributed by atoms with van der Waals surface area (Å²) in [4.78, 5) is 3.78. The summed E-state index contributed by atoms with van der Waals surface area (Å²) in [6, 6.07) is 5.72. The Labute approximate surface area is 173 Å². The Morgan fingerprint density at radius 3 is 1.61 bits per heavy atom. The number of pyridine rings is 1. The zero-order valence-electron chi connectivity index (χ0n) is 16.7. The summed E-state index contributed by atoms with van der Waals surface area (Å²) in [7, 11) is 0. The zero-order valence-corrected chi connectivity index (χ0v) is 17.8. The van der Waals surface area contributed by atoms with Crippen molar-refractivity contribution in [1.29, 1.82) is 0 Å². The number of hydrogen-bond donors (Lipinski definition) is 2. The molecule has 0 saturated heterocycles. The fourth-order valence-corrected chi connectivity index (χ4v) is 0.818. The number of aliphatic hydroxyl groups excluding tert-OH is 1. The van der Waals surface area contributed by atoms with Gasteiger partial charge >= 0.3 is 60.4 Å². The second-order valence-electron chi connectivity index (χ2n) is 4.99. The van der Waals surface area contributed by atoms with E-state index in [2.05, 4.69) is 30.8 Å². The topological polar surface area (TPSA) is 165 Å². The fraction of sp³-hybridized carbons (Fsp3) is 0.412. The van der Waals surface area contributed by atoms with E-state index in [0.29, 0.717) is 3.74 Å². The number of hydroxylamine groups is 2. The molecule has 1 aromatic rings. The van der Waals surface area contributed by atoms with E-state index in [-0.39, 0.29) is 28.9 Å². The molecule has 0 aliphatic heterocycles. The van der Waals surface area contributed by atoms with Crippen LogP contribution in [0, 0.1) is 27.2 Å². The summed E-state index contributed by atoms with van der Waals surface area (Å²) < 4.78 is 0.327. The van der Waals surface area contributed by atoms with Crippen LogP contribution in [0.1, 0.15) is 41.5 Å². The standard InChI is InChI=1S/C5H5N.C4H8N2O2.C4H7N2O2.C4H9O.Co/c1-2-4-6-5-3-1;2*1-3(5-7)4(2)6-8;1-3-4(2)5;/h1-5H;7-8H,1-2H3;5H,1-2H3;3-5H,1-2H3;/q;;2*-1;/p-2/t;;;4-;/m...1./s1. The van der Waals surface area contributed by atoms with Crippen molar-refractivity contribution >= 4 is 11.4 Å². The first-order valence-corrected chi connectivity index (χ1v) is 8.38. The van der Waals surface area contributed by atoms with Crippen molar-refractivity contribution in [1.82, 2.24) is 10.5 Å². The predicted octanol–water partition coefficient (Wildman–Crippen LogP) is 3.14. The van der Waals surface area contributed by atoms with Gasteiger partial charge in [0.05, 0.1) is 0 Å². The molecule has 1 aromatic heterocycles. The van der Waals surface area contributed by atoms with E-state index in [1.807, 2.05) is 25.1 Å². The fourth-order valence-electron chi connectivity index (χ4n) is 0.643. The molecule has 1 rings (SSSR count). The minimum Gasteiger partial charge on any atom is -0.425 e. The molecule has 163 valence electrons. The van der Waals surface area contributed by atoms with Gasteiger partial charge in [0, 0.05) is 23.8 Å². The third-order valence-corrected chi connectivity index (χ3v) is 3.14. The van der Waals surface area contributed by atoms with Crippen molar-refractivity contribution in [3.05, 3.63) is 69.2 Å². The maximum absolute atomic E-state index is 10.3. The molecular formula is C17H27CoN5O5-4. The van der Waals surface area contributed by atoms with Gasteiger partial charge in [0.15, 0.2) is 0 Å². The normalized spacial score (nSPS) is 12.5. The van der Waals surface area contributed by atoms with Crippen LogP contribution >= 0.6 is 0 Å². The average molecular weight is 440 g/mol. The number of aromatic nitrogens is 1. The predicted molar refractivity (Wildman–Crippen MR) is 107 cm³/mol. The van der Waals surface area contributed by atoms with E-state index in [9.17, 15) is 20.8 Å². The van der Waals surface area contributed by atoms with Gasteiger partial charge in [0.25, 0.3) is 0 Å². The minimum absolute atomic E-state index is 0.139. The van der Waals surface area contributed by atoms with Gasteiger partial charge in [-0.15, -0.1) is 0 Å². The van der Waals surface area contributed by atoms with Crippen molar-refractivity contribution in [3.8, 4) is 0 Å². The second kappa shape index (κ2) is 21.1. The zero-order chi connectivity index (χ0) is 22.5. The maximum Gasteiger partial charge on any atom is 0.0267 e. The summed E-state index contributed by atoms with van der Waals surface area (Å²) in [6.07, 6.45) is 4.98. The molecule has 0 fully saturated rings. The molecule has 0 aromatic carbocycles. The summed E-state index contributed by atoms with van der Waals surface area (Å²) >= 11 is 3.47. The van der Waals surface area contributed by atoms with E-state index in [4.69, 9.17) is 5.11 Å². The van der Waals surface area contributed by atoms with Gasteiger partial charge in [-0.05, 0) is 26.0 Å². The first kappa shape index (κ1) is 30.5. The van der Waals surface area contributed by atoms with E-state index in [1.54, 1.807) is 31.2 Å². The molecule has 0 radical (unpaired) electrons. The van der Waals surface area contributed by atoms with Crippen LogP contribution in [0.5, 0.6) is 0 Å². The minimum atomic E-state index is -0.241. The third kappa shape index (κ3) is 21.9. The molecule has 1 heterocycles. The molecule has 11 heteroatoms. The molecule has 0 bridgehead atoms. The van der Waals surface area contributed by atoms with Crippen LogP contribution in [0.4, 0.5) is 0 Å². The molecule has 1 atom stereocenters. The Hall–Kier alpha value is -2.18. The Morgan fingerprint density at radius 2 is 1.50 bits per heavy atom. The van der Waals surface area contributed by atoms with E-state index >= 15 is 0 Å². The van der Waals surface area contributed by atoms with Crippen LogP contribution in [-0.4, -0.2) is 31.4 Å². The molecule has 0 aliphatic carbocycles. The quantitative estimate of drug-likeness (QED) is 0.412. The van der Waals surface area contributed by atoms with Gasteiger partial charge in [-0.2, -0.15) is 6.92 Å². The monoisotopic (exact) mass is 440 g/mol. The van der Waals surface area contributed by atoms with Crippen LogP contribution in [0.3, 0.4) is 0 Å². The third-order valence-electron chi connectivity index (χ3n) is 2.79. The van der Waals surface area contributed by atoms with Crippen molar-refractivity contribution in [2.24, 2.45) is 10.3 Å². The average Bonchev–Trinajstić information content (AvgIpc) is 2.73. The van der Waals surface area contributed by atoms with E-state index in [1.165, 1.54) is 27.7 Å². The molecule has 0 saturated carbocycles. The van der Waals surface area contributed by atoms with E-state index < -0.39 is 0 Å². The number of nitrogens with one attached hydrogen (secondary N) is 1. The van der Waals surface area contributed by atoms with Gasteiger partial charge in [0.2, 0.25) is 0 Å². The first-order chi connectivity index (χ1) is 13.1. The molecule has 10 nitrogen and oxygen atoms in total. The van der Waals surface area contributed by atoms with Crippen LogP contribution in [0.2, 0.25) is 0 Å². The van der Waals surface area contributed by atoms with Crippen molar-refractivity contribution in [2.45, 2.75) is 47.6 Å². The van der Waals surface area contributed by atoms with E-state index in [0.717, 1.165) is 0 Å². The van der Waals surface area contributed by atoms with Gasteiger partial charge in [0.1, 0.15) is 0 Å². The number of nitrogens with zero attached hydrogens (tertiary/aromatic N) is 4. The SMILES string of the molecule is CC(=N[O-])C(C)=N[O-].CC(N[O-])=C(C)[N+]([O-])=[Co].C[CH-][C@@H](C)O.c1ccncc1. The molecule has 0 unspecified atom stereocenters. The van der Waals surface area contributed by atoms with Crippen LogP contribution in [0.15, 0.2) is 52.3 Å². The number of hydrogen-bond acceptors (Lipinski definition) is 9. The smallest absolute Gasteiger partial charge is 0.0267 e. The summed E-state index contributed by atoms with van der Waals surface area (Å²) in [5.74, 6) is 0. The van der Waals surface area contributed by atoms with Crippen molar-refractivity contribution < 1.29 is 24.4 Å². The summed E-state index contributed by atoms with van der Waals surface area (Å²) in [6.45, 7) is 9.42. The van der Waals surface area contributed by atoms with Gasteiger partial charge in [-0.3, -0.25) is 4.98 Å². The molecule has 0 aliphatic rings. The van der Waals surface area contributed by atoms with Gasteiger partial charge < -0.3 is 32.3 Å². The van der Waals surface area contributed by atoms with Gasteiger partial charge in [-0.25, -0.2) is 0 Å². The Bertz CT molecular complexity index is 565. The van der Waals surface area contributed by atoms with Gasteiger partial charge in [-0.1, -0.05) is 19.1 Å². The van der Waals surface area contributed by atoms with Crippen molar-refractivity contribution in [3.63, 3.8) is 0 Å².